The second-order valence-electron chi connectivity index (χ2n) is 27.7. The summed E-state index contributed by atoms with van der Waals surface area (Å²) in [7, 11) is 40.7. The largest absolute Gasteiger partial charge is 0.497 e. The molecular formula is C95H153N15O3. The van der Waals surface area contributed by atoms with Crippen LogP contribution in [0.2, 0.25) is 0 Å². The standard InChI is InChI=1S/3C10H16N2.3C9H14N2.3C9H13NO.C6H14.C5H10/c1-11-8-9-4-6-10(7-5-9)12(2)3;1-11-8-9-5-4-6-10(7-9)12(2)3;1-11-8-9-6-4-5-7-10(9)12(2)3;1-10-7-8-3-5-9(11-2)6-4-8;1-10-7-8-4-3-5-9(6-8)11-2;1-10-7-8-5-3-4-6-9(8)11-2;1-10-7-8-3-5-9(11-2)6-4-8;1-10-7-8-4-3-5-9(6-8)11-2;1-10-7-8-5-3-4-6-9(8)11-2;1-5-6(2,3)4;1-3-5-4-2/h3*4-7,11H,8H2,1-3H3;3*3-6,10-11H,7H2,1-2H3;3*3-6,10H,7H2,1-2H3;5H2,1-4H3;3H,1,4-5H2,2H3. The van der Waals surface area contributed by atoms with E-state index in [1.165, 1.54) is 85.7 Å². The minimum absolute atomic E-state index is 0.542. The first kappa shape index (κ1) is 106. The molecule has 0 aromatic heterocycles. The first-order chi connectivity index (χ1) is 54.4. The molecule has 9 aromatic rings. The van der Waals surface area contributed by atoms with Crippen LogP contribution in [0.4, 0.5) is 34.1 Å². The number of allylic oxidation sites excluding steroid dienone is 1. The number of methoxy groups -OCH3 is 3. The third-order valence-electron chi connectivity index (χ3n) is 16.5. The average Bonchev–Trinajstić information content (AvgIpc) is 0.900. The lowest BCUT2D eigenvalue weighted by Gasteiger charge is -2.16. The zero-order chi connectivity index (χ0) is 84.9. The molecule has 0 fully saturated rings. The third-order valence-corrected chi connectivity index (χ3v) is 16.5. The molecule has 0 aliphatic carbocycles. The monoisotopic (exact) mass is 1550 g/mol. The first-order valence-corrected chi connectivity index (χ1v) is 39.3. The van der Waals surface area contributed by atoms with Crippen molar-refractivity contribution in [3.8, 4) is 17.2 Å². The van der Waals surface area contributed by atoms with Crippen molar-refractivity contribution in [1.82, 2.24) is 47.9 Å². The summed E-state index contributed by atoms with van der Waals surface area (Å²) in [6.07, 6.45) is 5.58. The van der Waals surface area contributed by atoms with Gasteiger partial charge < -0.3 is 92.7 Å². The molecule has 0 saturated carbocycles. The van der Waals surface area contributed by atoms with Crippen molar-refractivity contribution in [2.45, 2.75) is 113 Å². The fourth-order valence-corrected chi connectivity index (χ4v) is 9.87. The van der Waals surface area contributed by atoms with Crippen LogP contribution >= 0.6 is 0 Å². The van der Waals surface area contributed by atoms with E-state index < -0.39 is 0 Å². The van der Waals surface area contributed by atoms with E-state index in [1.807, 2.05) is 165 Å². The summed E-state index contributed by atoms with van der Waals surface area (Å²) in [5.74, 6) is 2.77. The highest BCUT2D eigenvalue weighted by Crippen LogP contribution is 2.21. The lowest BCUT2D eigenvalue weighted by atomic mass is 9.94. The van der Waals surface area contributed by atoms with Gasteiger partial charge in [0.15, 0.2) is 0 Å². The zero-order valence-corrected chi connectivity index (χ0v) is 74.6. The van der Waals surface area contributed by atoms with Crippen LogP contribution in [0, 0.1) is 5.41 Å². The van der Waals surface area contributed by atoms with E-state index in [9.17, 15) is 0 Å². The van der Waals surface area contributed by atoms with E-state index in [0.717, 1.165) is 93.9 Å². The molecule has 626 valence electrons. The van der Waals surface area contributed by atoms with Crippen LogP contribution in [0.5, 0.6) is 17.2 Å². The Bertz CT molecular complexity index is 3530. The number of nitrogens with one attached hydrogen (secondary N) is 12. The van der Waals surface area contributed by atoms with Gasteiger partial charge >= 0.3 is 0 Å². The smallest absolute Gasteiger partial charge is 0.123 e. The zero-order valence-electron chi connectivity index (χ0n) is 74.6. The highest BCUT2D eigenvalue weighted by Gasteiger charge is 2.05. The summed E-state index contributed by atoms with van der Waals surface area (Å²) >= 11 is 0. The van der Waals surface area contributed by atoms with Gasteiger partial charge in [-0.1, -0.05) is 181 Å². The quantitative estimate of drug-likeness (QED) is 0.0199. The number of unbranched alkanes of at least 4 members (excludes halogenated alkanes) is 1. The molecule has 0 unspecified atom stereocenters. The summed E-state index contributed by atoms with van der Waals surface area (Å²) < 4.78 is 15.3. The molecule has 0 bridgehead atoms. The van der Waals surface area contributed by atoms with Crippen LogP contribution in [0.1, 0.15) is 104 Å². The van der Waals surface area contributed by atoms with Crippen molar-refractivity contribution in [2.24, 2.45) is 5.41 Å². The Hall–Kier alpha value is -9.44. The Morgan fingerprint density at radius 1 is 0.327 bits per heavy atom. The predicted octanol–water partition coefficient (Wildman–Crippen LogP) is 17.4. The number of ether oxygens (including phenoxy) is 3. The second-order valence-corrected chi connectivity index (χ2v) is 27.7. The third kappa shape index (κ3) is 53.2. The maximum Gasteiger partial charge on any atom is 0.123 e. The maximum absolute atomic E-state index is 5.16. The van der Waals surface area contributed by atoms with Gasteiger partial charge in [0.2, 0.25) is 0 Å². The number of hydrogen-bond acceptors (Lipinski definition) is 18. The SMILES string of the molecule is C=CCCC.CCC(C)(C)C.CNCc1ccc(N(C)C)cc1.CNCc1ccc(NC)cc1.CNCc1ccc(OC)cc1.CNCc1cccc(N(C)C)c1.CNCc1cccc(NC)c1.CNCc1cccc(OC)c1.CNCc1ccccc1N(C)C.CNCc1ccccc1NC.CNCc1ccccc1OC. The van der Waals surface area contributed by atoms with Crippen molar-refractivity contribution in [1.29, 1.82) is 0 Å². The molecule has 9 aromatic carbocycles. The Kier molecular flexibility index (Phi) is 64.8. The maximum atomic E-state index is 5.16. The summed E-state index contributed by atoms with van der Waals surface area (Å²) in [6, 6.07) is 74.5. The molecule has 0 radical (unpaired) electrons. The molecule has 0 aliphatic heterocycles. The molecular weight excluding hydrogens is 1400 g/mol. The topological polar surface area (TPSA) is 182 Å². The van der Waals surface area contributed by atoms with Gasteiger partial charge in [-0.3, -0.25) is 0 Å². The molecule has 0 heterocycles. The van der Waals surface area contributed by atoms with Crippen LogP contribution in [0.25, 0.3) is 0 Å². The number of benzene rings is 9. The number of hydrogen-bond donors (Lipinski definition) is 12. The Balaban J connectivity index is 0. The molecule has 9 rings (SSSR count). The lowest BCUT2D eigenvalue weighted by molar-refractivity contribution is 0.398. The van der Waals surface area contributed by atoms with E-state index in [2.05, 4.69) is 306 Å². The Morgan fingerprint density at radius 2 is 0.717 bits per heavy atom. The van der Waals surface area contributed by atoms with Crippen molar-refractivity contribution in [3.63, 3.8) is 0 Å². The average molecular weight is 1550 g/mol. The normalized spacial score (nSPS) is 9.75. The molecule has 0 aliphatic rings. The van der Waals surface area contributed by atoms with E-state index in [1.54, 1.807) is 21.3 Å². The van der Waals surface area contributed by atoms with Crippen molar-refractivity contribution >= 4 is 34.1 Å². The number of rotatable bonds is 29. The van der Waals surface area contributed by atoms with E-state index in [0.29, 0.717) is 5.41 Å². The molecule has 18 heteroatoms. The van der Waals surface area contributed by atoms with Gasteiger partial charge in [-0.05, 0) is 211 Å². The van der Waals surface area contributed by atoms with Crippen molar-refractivity contribution < 1.29 is 14.2 Å². The summed E-state index contributed by atoms with van der Waals surface area (Å²) in [6.45, 7) is 22.8. The van der Waals surface area contributed by atoms with Crippen LogP contribution in [-0.2, 0) is 58.9 Å². The van der Waals surface area contributed by atoms with Crippen LogP contribution in [0.3, 0.4) is 0 Å². The molecule has 0 atom stereocenters. The highest BCUT2D eigenvalue weighted by atomic mass is 16.5. The molecule has 0 saturated heterocycles. The van der Waals surface area contributed by atoms with Gasteiger partial charge in [-0.25, -0.2) is 0 Å². The molecule has 18 nitrogen and oxygen atoms in total. The second kappa shape index (κ2) is 69.3. The molecule has 113 heavy (non-hydrogen) atoms. The van der Waals surface area contributed by atoms with Crippen LogP contribution in [-0.4, -0.2) is 148 Å². The fraction of sp³-hybridized carbons (Fsp3) is 0.411. The van der Waals surface area contributed by atoms with Crippen LogP contribution in [0.15, 0.2) is 231 Å². The highest BCUT2D eigenvalue weighted by molar-refractivity contribution is 5.53. The van der Waals surface area contributed by atoms with Gasteiger partial charge in [-0.15, -0.1) is 6.58 Å². The minimum atomic E-state index is 0.542. The van der Waals surface area contributed by atoms with Gasteiger partial charge in [0.25, 0.3) is 0 Å². The Morgan fingerprint density at radius 3 is 1.13 bits per heavy atom. The van der Waals surface area contributed by atoms with E-state index >= 15 is 0 Å². The minimum Gasteiger partial charge on any atom is -0.497 e. The molecule has 0 spiro atoms. The van der Waals surface area contributed by atoms with Gasteiger partial charge in [-0.2, -0.15) is 0 Å². The van der Waals surface area contributed by atoms with Gasteiger partial charge in [0, 0.05) is 162 Å². The molecule has 0 amide bonds. The predicted molar refractivity (Wildman–Crippen MR) is 499 cm³/mol. The first-order valence-electron chi connectivity index (χ1n) is 39.3. The number of anilines is 6. The van der Waals surface area contributed by atoms with Crippen molar-refractivity contribution in [3.05, 3.63) is 281 Å². The van der Waals surface area contributed by atoms with E-state index in [4.69, 9.17) is 14.2 Å². The van der Waals surface area contributed by atoms with Gasteiger partial charge in [0.05, 0.1) is 21.3 Å². The summed E-state index contributed by atoms with van der Waals surface area (Å²) in [4.78, 5) is 6.34. The lowest BCUT2D eigenvalue weighted by Crippen LogP contribution is -2.14. The summed E-state index contributed by atoms with van der Waals surface area (Å²) in [5.41, 5.74) is 19.5. The summed E-state index contributed by atoms with van der Waals surface area (Å²) in [5, 5.41) is 37.3. The van der Waals surface area contributed by atoms with Gasteiger partial charge in [0.1, 0.15) is 17.2 Å². The Labute approximate surface area is 687 Å². The number of para-hydroxylation sites is 3. The number of nitrogens with zero attached hydrogens (tertiary/aromatic N) is 3. The molecule has 12 N–H and O–H groups in total. The van der Waals surface area contributed by atoms with E-state index in [-0.39, 0.29) is 0 Å². The fourth-order valence-electron chi connectivity index (χ4n) is 9.87. The van der Waals surface area contributed by atoms with Crippen LogP contribution < -0.4 is 92.7 Å². The van der Waals surface area contributed by atoms with Crippen molar-refractivity contribution in [2.75, 3.05) is 179 Å².